The molecule has 1 heterocycles. The summed E-state index contributed by atoms with van der Waals surface area (Å²) in [6, 6.07) is 0.706. The fourth-order valence-corrected chi connectivity index (χ4v) is 2.36. The highest BCUT2D eigenvalue weighted by Gasteiger charge is 2.30. The topological polar surface area (TPSA) is 42.3 Å². The molecule has 1 aliphatic carbocycles. The van der Waals surface area contributed by atoms with Crippen LogP contribution >= 0.6 is 0 Å². The molecule has 0 aliphatic heterocycles. The van der Waals surface area contributed by atoms with Crippen molar-refractivity contribution >= 4 is 5.82 Å². The monoisotopic (exact) mass is 252 g/mol. The fourth-order valence-electron chi connectivity index (χ4n) is 2.36. The number of aromatic nitrogens is 2. The van der Waals surface area contributed by atoms with E-state index in [-0.39, 0.29) is 0 Å². The van der Waals surface area contributed by atoms with Crippen LogP contribution in [0.25, 0.3) is 0 Å². The lowest BCUT2D eigenvalue weighted by Gasteiger charge is -2.20. The summed E-state index contributed by atoms with van der Waals surface area (Å²) in [6.45, 7) is 4.55. The molecule has 0 saturated heterocycles. The molecule has 18 heavy (non-hydrogen) atoms. The van der Waals surface area contributed by atoms with Gasteiger partial charge < -0.3 is 15.0 Å². The van der Waals surface area contributed by atoms with Gasteiger partial charge in [0, 0.05) is 45.9 Å². The predicted octanol–water partition coefficient (Wildman–Crippen LogP) is 1.06. The molecule has 0 amide bonds. The summed E-state index contributed by atoms with van der Waals surface area (Å²) in [5.74, 6) is 1.25. The van der Waals surface area contributed by atoms with Gasteiger partial charge in [-0.1, -0.05) is 0 Å². The first kappa shape index (κ1) is 13.4. The zero-order valence-corrected chi connectivity index (χ0v) is 11.9. The molecule has 5 nitrogen and oxygen atoms in total. The Kier molecular flexibility index (Phi) is 4.24. The first-order valence-corrected chi connectivity index (χ1v) is 6.60. The van der Waals surface area contributed by atoms with Crippen LogP contribution in [-0.4, -0.2) is 43.1 Å². The number of ether oxygens (including phenoxy) is 1. The van der Waals surface area contributed by atoms with Crippen molar-refractivity contribution in [2.75, 3.05) is 32.2 Å². The maximum Gasteiger partial charge on any atom is 0.131 e. The molecule has 1 aromatic rings. The van der Waals surface area contributed by atoms with E-state index in [9.17, 15) is 0 Å². The molecule has 0 bridgehead atoms. The van der Waals surface area contributed by atoms with Crippen LogP contribution in [0.15, 0.2) is 0 Å². The van der Waals surface area contributed by atoms with Gasteiger partial charge in [0.1, 0.15) is 5.82 Å². The van der Waals surface area contributed by atoms with Crippen molar-refractivity contribution in [3.63, 3.8) is 0 Å². The number of nitrogens with zero attached hydrogens (tertiary/aromatic N) is 3. The number of hydrogen-bond acceptors (Lipinski definition) is 4. The van der Waals surface area contributed by atoms with E-state index in [4.69, 9.17) is 4.74 Å². The Morgan fingerprint density at radius 2 is 2.22 bits per heavy atom. The Labute approximate surface area is 109 Å². The Morgan fingerprint density at radius 3 is 2.83 bits per heavy atom. The molecule has 0 radical (unpaired) electrons. The molecule has 0 spiro atoms. The van der Waals surface area contributed by atoms with Gasteiger partial charge in [0.15, 0.2) is 0 Å². The summed E-state index contributed by atoms with van der Waals surface area (Å²) in [5.41, 5.74) is 2.42. The number of nitrogens with one attached hydrogen (secondary N) is 1. The van der Waals surface area contributed by atoms with Crippen LogP contribution < -0.4 is 10.2 Å². The number of rotatable bonds is 7. The summed E-state index contributed by atoms with van der Waals surface area (Å²) in [4.78, 5) is 2.37. The molecule has 0 atom stereocenters. The number of aryl methyl sites for hydroxylation is 2. The fraction of sp³-hybridized carbons (Fsp3) is 0.769. The van der Waals surface area contributed by atoms with E-state index in [2.05, 4.69) is 29.3 Å². The number of methoxy groups -OCH3 is 1. The van der Waals surface area contributed by atoms with Gasteiger partial charge in [-0.3, -0.25) is 4.68 Å². The van der Waals surface area contributed by atoms with Gasteiger partial charge in [0.2, 0.25) is 0 Å². The molecule has 1 N–H and O–H groups in total. The standard InChI is InChI=1S/C13H24N4O/c1-10-12(9-14-7-8-18-4)13(17(3)15-10)16(2)11-5-6-11/h11,14H,5-9H2,1-4H3. The van der Waals surface area contributed by atoms with Crippen LogP contribution in [0.4, 0.5) is 5.82 Å². The lowest BCUT2D eigenvalue weighted by Crippen LogP contribution is -2.25. The second-order valence-corrected chi connectivity index (χ2v) is 5.02. The average Bonchev–Trinajstić information content (AvgIpc) is 3.12. The SMILES string of the molecule is COCCNCc1c(C)nn(C)c1N(C)C1CC1. The predicted molar refractivity (Wildman–Crippen MR) is 73.0 cm³/mol. The Bertz CT molecular complexity index is 398. The maximum absolute atomic E-state index is 5.05. The molecule has 1 saturated carbocycles. The highest BCUT2D eigenvalue weighted by Crippen LogP contribution is 2.32. The van der Waals surface area contributed by atoms with E-state index in [1.54, 1.807) is 7.11 Å². The van der Waals surface area contributed by atoms with Crippen molar-refractivity contribution in [2.45, 2.75) is 32.4 Å². The minimum atomic E-state index is 0.706. The van der Waals surface area contributed by atoms with Gasteiger partial charge in [-0.2, -0.15) is 5.10 Å². The van der Waals surface area contributed by atoms with Crippen molar-refractivity contribution in [2.24, 2.45) is 7.05 Å². The molecule has 2 rings (SSSR count). The van der Waals surface area contributed by atoms with Gasteiger partial charge in [-0.05, 0) is 19.8 Å². The van der Waals surface area contributed by atoms with Crippen LogP contribution in [-0.2, 0) is 18.3 Å². The van der Waals surface area contributed by atoms with Crippen molar-refractivity contribution in [3.05, 3.63) is 11.3 Å². The van der Waals surface area contributed by atoms with E-state index in [0.717, 1.165) is 25.4 Å². The lowest BCUT2D eigenvalue weighted by molar-refractivity contribution is 0.199. The molecule has 1 fully saturated rings. The van der Waals surface area contributed by atoms with E-state index in [1.807, 2.05) is 11.7 Å². The van der Waals surface area contributed by atoms with Gasteiger partial charge in [-0.25, -0.2) is 0 Å². The molecule has 1 aromatic heterocycles. The van der Waals surface area contributed by atoms with E-state index in [1.165, 1.54) is 24.2 Å². The van der Waals surface area contributed by atoms with Crippen LogP contribution in [0.2, 0.25) is 0 Å². The van der Waals surface area contributed by atoms with E-state index < -0.39 is 0 Å². The summed E-state index contributed by atoms with van der Waals surface area (Å²) in [7, 11) is 5.93. The Balaban J connectivity index is 2.07. The minimum Gasteiger partial charge on any atom is -0.383 e. The van der Waals surface area contributed by atoms with Gasteiger partial charge >= 0.3 is 0 Å². The minimum absolute atomic E-state index is 0.706. The first-order valence-electron chi connectivity index (χ1n) is 6.60. The average molecular weight is 252 g/mol. The number of anilines is 1. The van der Waals surface area contributed by atoms with Gasteiger partial charge in [0.05, 0.1) is 12.3 Å². The van der Waals surface area contributed by atoms with E-state index >= 15 is 0 Å². The summed E-state index contributed by atoms with van der Waals surface area (Å²) < 4.78 is 7.05. The first-order chi connectivity index (χ1) is 8.65. The van der Waals surface area contributed by atoms with Gasteiger partial charge in [-0.15, -0.1) is 0 Å². The normalized spacial score (nSPS) is 15.1. The third-order valence-corrected chi connectivity index (χ3v) is 3.53. The van der Waals surface area contributed by atoms with Crippen LogP contribution in [0.3, 0.4) is 0 Å². The molecule has 0 aromatic carbocycles. The van der Waals surface area contributed by atoms with Crippen LogP contribution in [0, 0.1) is 6.92 Å². The Morgan fingerprint density at radius 1 is 1.50 bits per heavy atom. The van der Waals surface area contributed by atoms with Crippen molar-refractivity contribution in [3.8, 4) is 0 Å². The smallest absolute Gasteiger partial charge is 0.131 e. The molecule has 1 aliphatic rings. The highest BCUT2D eigenvalue weighted by molar-refractivity contribution is 5.51. The van der Waals surface area contributed by atoms with Crippen molar-refractivity contribution in [1.82, 2.24) is 15.1 Å². The highest BCUT2D eigenvalue weighted by atomic mass is 16.5. The molecule has 0 unspecified atom stereocenters. The lowest BCUT2D eigenvalue weighted by atomic mass is 10.2. The van der Waals surface area contributed by atoms with Crippen molar-refractivity contribution in [1.29, 1.82) is 0 Å². The molecule has 102 valence electrons. The Hall–Kier alpha value is -1.07. The number of hydrogen-bond donors (Lipinski definition) is 1. The zero-order chi connectivity index (χ0) is 13.1. The molecule has 5 heteroatoms. The maximum atomic E-state index is 5.05. The second kappa shape index (κ2) is 5.71. The zero-order valence-electron chi connectivity index (χ0n) is 11.9. The van der Waals surface area contributed by atoms with Gasteiger partial charge in [0.25, 0.3) is 0 Å². The van der Waals surface area contributed by atoms with Crippen LogP contribution in [0.1, 0.15) is 24.1 Å². The molecular weight excluding hydrogens is 228 g/mol. The second-order valence-electron chi connectivity index (χ2n) is 5.02. The third-order valence-electron chi connectivity index (χ3n) is 3.53. The largest absolute Gasteiger partial charge is 0.383 e. The summed E-state index contributed by atoms with van der Waals surface area (Å²) >= 11 is 0. The van der Waals surface area contributed by atoms with Crippen LogP contribution in [0.5, 0.6) is 0 Å². The summed E-state index contributed by atoms with van der Waals surface area (Å²) in [5, 5.41) is 7.95. The van der Waals surface area contributed by atoms with Crippen molar-refractivity contribution < 1.29 is 4.74 Å². The molecular formula is C13H24N4O. The quantitative estimate of drug-likeness (QED) is 0.737. The third kappa shape index (κ3) is 2.84. The van der Waals surface area contributed by atoms with E-state index in [0.29, 0.717) is 6.04 Å². The summed E-state index contributed by atoms with van der Waals surface area (Å²) in [6.07, 6.45) is 2.61.